The van der Waals surface area contributed by atoms with Gasteiger partial charge in [-0.3, -0.25) is 9.69 Å². The van der Waals surface area contributed by atoms with Crippen LogP contribution in [0.3, 0.4) is 0 Å². The van der Waals surface area contributed by atoms with Crippen LogP contribution >= 0.6 is 0 Å². The van der Waals surface area contributed by atoms with Gasteiger partial charge >= 0.3 is 5.97 Å². The Morgan fingerprint density at radius 1 is 1.50 bits per heavy atom. The molecule has 0 spiro atoms. The van der Waals surface area contributed by atoms with Crippen molar-refractivity contribution in [2.24, 2.45) is 17.3 Å². The second-order valence-electron chi connectivity index (χ2n) is 5.61. The van der Waals surface area contributed by atoms with Gasteiger partial charge in [0, 0.05) is 19.6 Å². The third-order valence-corrected chi connectivity index (χ3v) is 3.40. The Morgan fingerprint density at radius 3 is 2.56 bits per heavy atom. The third kappa shape index (κ3) is 2.85. The average Bonchev–Trinajstić information content (AvgIpc) is 2.61. The zero-order valence-electron chi connectivity index (χ0n) is 10.8. The summed E-state index contributed by atoms with van der Waals surface area (Å²) in [6.07, 6.45) is 1.89. The zero-order valence-corrected chi connectivity index (χ0v) is 10.8. The highest BCUT2D eigenvalue weighted by molar-refractivity contribution is 5.73. The fraction of sp³-hybridized carbons (Fsp3) is 0.769. The molecule has 0 radical (unpaired) electrons. The minimum absolute atomic E-state index is 0.00458. The molecule has 0 saturated carbocycles. The van der Waals surface area contributed by atoms with Crippen LogP contribution in [0, 0.1) is 17.3 Å². The molecule has 0 aromatic rings. The predicted octanol–water partition coefficient (Wildman–Crippen LogP) is 1.94. The number of rotatable bonds is 3. The molecule has 0 aliphatic carbocycles. The Kier molecular flexibility index (Phi) is 4.14. The van der Waals surface area contributed by atoms with Crippen molar-refractivity contribution in [3.05, 3.63) is 12.7 Å². The molecule has 16 heavy (non-hydrogen) atoms. The maximum Gasteiger partial charge on any atom is 0.310 e. The Hall–Kier alpha value is -0.830. The summed E-state index contributed by atoms with van der Waals surface area (Å²) in [5.41, 5.74) is 0.134. The summed E-state index contributed by atoms with van der Waals surface area (Å²) in [6, 6.07) is 0. The van der Waals surface area contributed by atoms with Crippen LogP contribution in [0.15, 0.2) is 12.7 Å². The van der Waals surface area contributed by atoms with Crippen molar-refractivity contribution in [2.75, 3.05) is 26.7 Å². The van der Waals surface area contributed by atoms with Gasteiger partial charge in [-0.2, -0.15) is 0 Å². The number of hydrogen-bond donors (Lipinski definition) is 0. The van der Waals surface area contributed by atoms with E-state index in [9.17, 15) is 4.79 Å². The fourth-order valence-electron chi connectivity index (χ4n) is 2.48. The molecule has 1 aliphatic rings. The van der Waals surface area contributed by atoms with Crippen molar-refractivity contribution < 1.29 is 9.53 Å². The number of methoxy groups -OCH3 is 1. The molecule has 3 nitrogen and oxygen atoms in total. The lowest BCUT2D eigenvalue weighted by molar-refractivity contribution is -0.147. The highest BCUT2D eigenvalue weighted by atomic mass is 16.5. The lowest BCUT2D eigenvalue weighted by Gasteiger charge is -2.30. The zero-order chi connectivity index (χ0) is 12.3. The Bertz CT molecular complexity index is 268. The maximum absolute atomic E-state index is 11.7. The van der Waals surface area contributed by atoms with E-state index in [4.69, 9.17) is 4.74 Å². The molecule has 0 aromatic heterocycles. The molecule has 1 rings (SSSR count). The van der Waals surface area contributed by atoms with Crippen LogP contribution in [0.4, 0.5) is 0 Å². The molecule has 1 fully saturated rings. The van der Waals surface area contributed by atoms with Crippen LogP contribution in [0.2, 0.25) is 0 Å². The summed E-state index contributed by atoms with van der Waals surface area (Å²) in [4.78, 5) is 14.0. The van der Waals surface area contributed by atoms with E-state index in [-0.39, 0.29) is 17.3 Å². The molecule has 1 aliphatic heterocycles. The summed E-state index contributed by atoms with van der Waals surface area (Å²) in [7, 11) is 1.47. The predicted molar refractivity (Wildman–Crippen MR) is 65.1 cm³/mol. The molecule has 92 valence electrons. The van der Waals surface area contributed by atoms with Crippen molar-refractivity contribution in [2.45, 2.75) is 20.8 Å². The topological polar surface area (TPSA) is 29.5 Å². The van der Waals surface area contributed by atoms with E-state index in [0.29, 0.717) is 5.92 Å². The van der Waals surface area contributed by atoms with Crippen molar-refractivity contribution in [3.63, 3.8) is 0 Å². The minimum atomic E-state index is -0.0773. The first kappa shape index (κ1) is 13.2. The summed E-state index contributed by atoms with van der Waals surface area (Å²) < 4.78 is 4.89. The van der Waals surface area contributed by atoms with E-state index in [0.717, 1.165) is 19.6 Å². The first-order chi connectivity index (χ1) is 7.40. The van der Waals surface area contributed by atoms with Gasteiger partial charge in [-0.05, 0) is 11.3 Å². The molecule has 3 heteroatoms. The maximum atomic E-state index is 11.7. The van der Waals surface area contributed by atoms with Gasteiger partial charge in [0.15, 0.2) is 0 Å². The second-order valence-corrected chi connectivity index (χ2v) is 5.61. The molecule has 1 saturated heterocycles. The first-order valence-corrected chi connectivity index (χ1v) is 5.81. The summed E-state index contributed by atoms with van der Waals surface area (Å²) in [6.45, 7) is 12.9. The summed E-state index contributed by atoms with van der Waals surface area (Å²) >= 11 is 0. The van der Waals surface area contributed by atoms with Crippen molar-refractivity contribution in [1.29, 1.82) is 0 Å². The van der Waals surface area contributed by atoms with Gasteiger partial charge in [0.25, 0.3) is 0 Å². The van der Waals surface area contributed by atoms with Crippen molar-refractivity contribution in [3.8, 4) is 0 Å². The van der Waals surface area contributed by atoms with E-state index in [2.05, 4.69) is 32.3 Å². The number of esters is 1. The number of carbonyl (C=O) groups is 1. The van der Waals surface area contributed by atoms with Gasteiger partial charge in [-0.1, -0.05) is 26.8 Å². The Morgan fingerprint density at radius 2 is 2.12 bits per heavy atom. The van der Waals surface area contributed by atoms with Crippen molar-refractivity contribution in [1.82, 2.24) is 4.90 Å². The molecular weight excluding hydrogens is 202 g/mol. The highest BCUT2D eigenvalue weighted by Gasteiger charge is 2.43. The SMILES string of the molecule is C=CCN1C[C@@H](C(C)(C)C)[C@H](C(=O)OC)C1. The quantitative estimate of drug-likeness (QED) is 0.543. The van der Waals surface area contributed by atoms with Crippen LogP contribution < -0.4 is 0 Å². The molecule has 0 bridgehead atoms. The van der Waals surface area contributed by atoms with E-state index in [1.54, 1.807) is 0 Å². The summed E-state index contributed by atoms with van der Waals surface area (Å²) in [5.74, 6) is 0.288. The molecule has 0 aromatic carbocycles. The van der Waals surface area contributed by atoms with E-state index >= 15 is 0 Å². The van der Waals surface area contributed by atoms with Crippen molar-refractivity contribution >= 4 is 5.97 Å². The second kappa shape index (κ2) is 5.00. The molecule has 2 atom stereocenters. The minimum Gasteiger partial charge on any atom is -0.469 e. The largest absolute Gasteiger partial charge is 0.469 e. The highest BCUT2D eigenvalue weighted by Crippen LogP contribution is 2.38. The molecule has 1 heterocycles. The van der Waals surface area contributed by atoms with Gasteiger partial charge < -0.3 is 4.74 Å². The average molecular weight is 225 g/mol. The van der Waals surface area contributed by atoms with Gasteiger partial charge in [0.1, 0.15) is 0 Å². The van der Waals surface area contributed by atoms with E-state index in [1.807, 2.05) is 6.08 Å². The number of hydrogen-bond acceptors (Lipinski definition) is 3. The monoisotopic (exact) mass is 225 g/mol. The Balaban J connectivity index is 2.79. The van der Waals surface area contributed by atoms with Gasteiger partial charge in [0.05, 0.1) is 13.0 Å². The third-order valence-electron chi connectivity index (χ3n) is 3.40. The standard InChI is InChI=1S/C13H23NO2/c1-6-7-14-8-10(12(15)16-5)11(9-14)13(2,3)4/h6,10-11H,1,7-9H2,2-5H3/t10-,11-/m1/s1. The first-order valence-electron chi connectivity index (χ1n) is 5.81. The summed E-state index contributed by atoms with van der Waals surface area (Å²) in [5, 5.41) is 0. The molecule has 0 amide bonds. The van der Waals surface area contributed by atoms with Gasteiger partial charge in [0.2, 0.25) is 0 Å². The number of carbonyl (C=O) groups excluding carboxylic acids is 1. The van der Waals surface area contributed by atoms with Gasteiger partial charge in [-0.25, -0.2) is 0 Å². The smallest absolute Gasteiger partial charge is 0.310 e. The van der Waals surface area contributed by atoms with Crippen LogP contribution in [0.1, 0.15) is 20.8 Å². The Labute approximate surface area is 98.5 Å². The van der Waals surface area contributed by atoms with Crippen LogP contribution in [0.25, 0.3) is 0 Å². The molecule has 0 N–H and O–H groups in total. The lowest BCUT2D eigenvalue weighted by Crippen LogP contribution is -2.32. The fourth-order valence-corrected chi connectivity index (χ4v) is 2.48. The van der Waals surface area contributed by atoms with Gasteiger partial charge in [-0.15, -0.1) is 6.58 Å². The van der Waals surface area contributed by atoms with Crippen LogP contribution in [-0.4, -0.2) is 37.6 Å². The normalized spacial score (nSPS) is 26.8. The van der Waals surface area contributed by atoms with E-state index < -0.39 is 0 Å². The molecular formula is C13H23NO2. The van der Waals surface area contributed by atoms with Crippen LogP contribution in [-0.2, 0) is 9.53 Å². The molecule has 0 unspecified atom stereocenters. The van der Waals surface area contributed by atoms with Crippen LogP contribution in [0.5, 0.6) is 0 Å². The lowest BCUT2D eigenvalue weighted by atomic mass is 9.75. The number of ether oxygens (including phenoxy) is 1. The van der Waals surface area contributed by atoms with E-state index in [1.165, 1.54) is 7.11 Å². The number of likely N-dealkylation sites (tertiary alicyclic amines) is 1. The number of nitrogens with zero attached hydrogens (tertiary/aromatic N) is 1.